The Morgan fingerprint density at radius 1 is 0.818 bits per heavy atom. The molecule has 2 saturated heterocycles. The zero-order chi connectivity index (χ0) is 22.8. The normalized spacial score (nSPS) is 50.0. The number of hydrogen-bond donors (Lipinski definition) is 0. The maximum atomic E-state index is 13.7. The average Bonchev–Trinajstić information content (AvgIpc) is 3.10. The third-order valence-corrected chi connectivity index (χ3v) is 11.9. The molecule has 6 fully saturated rings. The maximum absolute atomic E-state index is 13.7. The molecule has 2 aliphatic heterocycles. The van der Waals surface area contributed by atoms with Gasteiger partial charge in [0.15, 0.2) is 5.78 Å². The number of ether oxygens (including phenoxy) is 1. The number of likely N-dealkylation sites (N-methyl/N-ethyl adjacent to an activating group) is 1. The van der Waals surface area contributed by atoms with Gasteiger partial charge in [-0.05, 0) is 87.5 Å². The molecule has 0 aromatic heterocycles. The zero-order valence-electron chi connectivity index (χ0n) is 21.4. The van der Waals surface area contributed by atoms with Gasteiger partial charge in [-0.3, -0.25) is 14.6 Å². The lowest BCUT2D eigenvalue weighted by atomic mass is 9.45. The summed E-state index contributed by atoms with van der Waals surface area (Å²) in [7, 11) is 2.27. The van der Waals surface area contributed by atoms with Crippen molar-refractivity contribution in [2.75, 3.05) is 59.5 Å². The van der Waals surface area contributed by atoms with Crippen LogP contribution in [0, 0.1) is 34.5 Å². The van der Waals surface area contributed by atoms with E-state index in [-0.39, 0.29) is 11.5 Å². The van der Waals surface area contributed by atoms with Crippen molar-refractivity contribution in [2.24, 2.45) is 34.5 Å². The molecule has 5 nitrogen and oxygen atoms in total. The van der Waals surface area contributed by atoms with Crippen LogP contribution >= 0.6 is 0 Å². The van der Waals surface area contributed by atoms with E-state index in [9.17, 15) is 4.79 Å². The van der Waals surface area contributed by atoms with Crippen molar-refractivity contribution in [3.05, 3.63) is 0 Å². The Bertz CT molecular complexity index is 745. The highest BCUT2D eigenvalue weighted by molar-refractivity contribution is 5.92. The Labute approximate surface area is 201 Å². The van der Waals surface area contributed by atoms with Crippen molar-refractivity contribution in [3.8, 4) is 0 Å². The number of carbonyl (C=O) groups excluding carboxylic acids is 1. The van der Waals surface area contributed by atoms with Crippen LogP contribution in [0.3, 0.4) is 0 Å². The fourth-order valence-electron chi connectivity index (χ4n) is 9.75. The van der Waals surface area contributed by atoms with Crippen LogP contribution in [0.15, 0.2) is 0 Å². The fourth-order valence-corrected chi connectivity index (χ4v) is 9.75. The summed E-state index contributed by atoms with van der Waals surface area (Å²) in [6.45, 7) is 13.5. The van der Waals surface area contributed by atoms with Crippen LogP contribution in [-0.4, -0.2) is 92.1 Å². The van der Waals surface area contributed by atoms with Gasteiger partial charge in [-0.1, -0.05) is 13.8 Å². The van der Waals surface area contributed by atoms with Crippen molar-refractivity contribution in [2.45, 2.75) is 77.3 Å². The zero-order valence-corrected chi connectivity index (χ0v) is 21.4. The average molecular weight is 458 g/mol. The van der Waals surface area contributed by atoms with E-state index in [1.165, 1.54) is 64.7 Å². The van der Waals surface area contributed by atoms with Gasteiger partial charge in [-0.15, -0.1) is 0 Å². The van der Waals surface area contributed by atoms with Crippen LogP contribution in [0.5, 0.6) is 0 Å². The molecule has 0 aromatic rings. The number of Topliss-reactive ketones (excluding diaryl/α,β-unsaturated/α-hetero) is 1. The van der Waals surface area contributed by atoms with Crippen LogP contribution in [0.1, 0.15) is 65.2 Å². The molecule has 0 radical (unpaired) electrons. The Kier molecular flexibility index (Phi) is 5.96. The number of ketones is 1. The van der Waals surface area contributed by atoms with Crippen molar-refractivity contribution >= 4 is 5.78 Å². The second-order valence-electron chi connectivity index (χ2n) is 13.1. The number of fused-ring (bicyclic) bond motifs is 5. The van der Waals surface area contributed by atoms with Crippen LogP contribution in [0.25, 0.3) is 0 Å². The van der Waals surface area contributed by atoms with Crippen molar-refractivity contribution in [1.82, 2.24) is 14.7 Å². The first kappa shape index (κ1) is 22.9. The molecule has 0 spiro atoms. The molecule has 0 N–H and O–H groups in total. The minimum absolute atomic E-state index is 0.0651. The Hall–Kier alpha value is -0.490. The second kappa shape index (κ2) is 8.57. The van der Waals surface area contributed by atoms with E-state index in [1.807, 2.05) is 0 Å². The monoisotopic (exact) mass is 457 g/mol. The van der Waals surface area contributed by atoms with E-state index in [0.717, 1.165) is 62.9 Å². The van der Waals surface area contributed by atoms with Gasteiger partial charge in [0.25, 0.3) is 0 Å². The highest BCUT2D eigenvalue weighted by Gasteiger charge is 2.63. The molecule has 6 aliphatic rings. The smallest absolute Gasteiger partial charge is 0.156 e. The van der Waals surface area contributed by atoms with Crippen LogP contribution in [0.2, 0.25) is 0 Å². The maximum Gasteiger partial charge on any atom is 0.156 e. The van der Waals surface area contributed by atoms with Gasteiger partial charge >= 0.3 is 0 Å². The molecular weight excluding hydrogens is 410 g/mol. The van der Waals surface area contributed by atoms with Gasteiger partial charge in [0, 0.05) is 50.7 Å². The molecule has 0 unspecified atom stereocenters. The molecule has 0 amide bonds. The van der Waals surface area contributed by atoms with E-state index in [1.54, 1.807) is 0 Å². The molecule has 186 valence electrons. The van der Waals surface area contributed by atoms with Crippen LogP contribution < -0.4 is 0 Å². The van der Waals surface area contributed by atoms with Crippen molar-refractivity contribution in [1.29, 1.82) is 0 Å². The summed E-state index contributed by atoms with van der Waals surface area (Å²) in [5, 5.41) is 0. The van der Waals surface area contributed by atoms with Gasteiger partial charge in [-0.25, -0.2) is 0 Å². The summed E-state index contributed by atoms with van der Waals surface area (Å²) >= 11 is 0. The van der Waals surface area contributed by atoms with E-state index >= 15 is 0 Å². The molecule has 4 saturated carbocycles. The summed E-state index contributed by atoms with van der Waals surface area (Å²) < 4.78 is 5.60. The largest absolute Gasteiger partial charge is 0.379 e. The predicted molar refractivity (Wildman–Crippen MR) is 131 cm³/mol. The summed E-state index contributed by atoms with van der Waals surface area (Å²) in [5.74, 6) is 3.72. The quantitative estimate of drug-likeness (QED) is 0.634. The standard InChI is InChI=1S/C28H47N3O2/c1-27-8-6-21(30-12-10-29(3)11-13-30)18-20(27)4-5-22-23(27)7-9-28(2)24(22)19-25(26(28)32)31-14-16-33-17-15-31/h20-25H,4-19H2,1-3H3/t20-,21-,22+,23-,24-,25-,27-,28-/m0/s1. The van der Waals surface area contributed by atoms with Gasteiger partial charge < -0.3 is 9.64 Å². The van der Waals surface area contributed by atoms with Crippen LogP contribution in [0.4, 0.5) is 0 Å². The van der Waals surface area contributed by atoms with Gasteiger partial charge in [0.1, 0.15) is 0 Å². The Balaban J connectivity index is 1.17. The van der Waals surface area contributed by atoms with Crippen molar-refractivity contribution < 1.29 is 9.53 Å². The molecule has 5 heteroatoms. The molecule has 0 aromatic carbocycles. The molecule has 0 bridgehead atoms. The third kappa shape index (κ3) is 3.67. The topological polar surface area (TPSA) is 36.0 Å². The number of morpholine rings is 1. The molecule has 6 rings (SSSR count). The molecule has 2 heterocycles. The Morgan fingerprint density at radius 3 is 2.33 bits per heavy atom. The SMILES string of the molecule is CN1CCN([C@H]2CC[C@@]3(C)[C@@H](CC[C@@H]4[C@@H]3CC[C@]3(C)C(=O)[C@@H](N5CCOCC5)C[C@@H]43)C2)CC1. The van der Waals surface area contributed by atoms with Gasteiger partial charge in [0.2, 0.25) is 0 Å². The summed E-state index contributed by atoms with van der Waals surface area (Å²) in [6, 6.07) is 0.988. The first-order valence-electron chi connectivity index (χ1n) is 14.2. The first-order valence-corrected chi connectivity index (χ1v) is 14.2. The van der Waals surface area contributed by atoms with Crippen molar-refractivity contribution in [3.63, 3.8) is 0 Å². The Morgan fingerprint density at radius 2 is 1.58 bits per heavy atom. The van der Waals surface area contributed by atoms with E-state index < -0.39 is 0 Å². The highest BCUT2D eigenvalue weighted by atomic mass is 16.5. The minimum atomic E-state index is -0.0651. The number of hydrogen-bond acceptors (Lipinski definition) is 5. The lowest BCUT2D eigenvalue weighted by Crippen LogP contribution is -2.57. The summed E-state index contributed by atoms with van der Waals surface area (Å²) in [4.78, 5) is 21.5. The highest BCUT2D eigenvalue weighted by Crippen LogP contribution is 2.66. The third-order valence-electron chi connectivity index (χ3n) is 11.9. The van der Waals surface area contributed by atoms with E-state index in [0.29, 0.717) is 17.1 Å². The van der Waals surface area contributed by atoms with Gasteiger partial charge in [0.05, 0.1) is 19.3 Å². The molecule has 33 heavy (non-hydrogen) atoms. The summed E-state index contributed by atoms with van der Waals surface area (Å²) in [5.41, 5.74) is 0.442. The lowest BCUT2D eigenvalue weighted by molar-refractivity contribution is -0.143. The molecular formula is C28H47N3O2. The number of nitrogens with zero attached hydrogens (tertiary/aromatic N) is 3. The second-order valence-corrected chi connectivity index (χ2v) is 13.1. The van der Waals surface area contributed by atoms with Crippen LogP contribution in [-0.2, 0) is 9.53 Å². The predicted octanol–water partition coefficient (Wildman–Crippen LogP) is 3.52. The number of rotatable bonds is 2. The summed E-state index contributed by atoms with van der Waals surface area (Å²) in [6.07, 6.45) is 10.6. The van der Waals surface area contributed by atoms with Gasteiger partial charge in [-0.2, -0.15) is 0 Å². The minimum Gasteiger partial charge on any atom is -0.379 e. The molecule has 8 atom stereocenters. The van der Waals surface area contributed by atoms with E-state index in [2.05, 4.69) is 35.6 Å². The molecule has 4 aliphatic carbocycles. The number of carbonyl (C=O) groups is 1. The first-order chi connectivity index (χ1) is 15.9. The lowest BCUT2D eigenvalue weighted by Gasteiger charge is -2.61. The fraction of sp³-hybridized carbons (Fsp3) is 0.964. The van der Waals surface area contributed by atoms with E-state index in [4.69, 9.17) is 4.74 Å². The number of piperazine rings is 1.